The van der Waals surface area contributed by atoms with E-state index in [0.29, 0.717) is 22.7 Å². The standard InChI is InChI=1S/C24H16F8N4/c1-22(2,17-6-3-5-16(33-17)13-9-10-19(25)35-21(13)26)18-7-4-8-20(34-18)36-11-14(23(27,28)29)15(12-36)24(30,31)32/h3-12H,1-2H3. The first kappa shape index (κ1) is 25.3. The van der Waals surface area contributed by atoms with Gasteiger partial charge in [-0.05, 0) is 50.2 Å². The molecule has 0 unspecified atom stereocenters. The summed E-state index contributed by atoms with van der Waals surface area (Å²) < 4.78 is 107. The molecule has 12 heteroatoms. The van der Waals surface area contributed by atoms with E-state index in [4.69, 9.17) is 0 Å². The topological polar surface area (TPSA) is 43.6 Å². The molecule has 188 valence electrons. The van der Waals surface area contributed by atoms with Crippen molar-refractivity contribution in [1.29, 1.82) is 0 Å². The second-order valence-electron chi connectivity index (χ2n) is 8.37. The van der Waals surface area contributed by atoms with E-state index in [1.807, 2.05) is 0 Å². The fourth-order valence-corrected chi connectivity index (χ4v) is 3.62. The minimum Gasteiger partial charge on any atom is -0.307 e. The predicted octanol–water partition coefficient (Wildman–Crippen LogP) is 6.97. The third-order valence-corrected chi connectivity index (χ3v) is 5.56. The summed E-state index contributed by atoms with van der Waals surface area (Å²) in [6.07, 6.45) is -9.76. The van der Waals surface area contributed by atoms with Crippen LogP contribution in [0.1, 0.15) is 36.4 Å². The van der Waals surface area contributed by atoms with Gasteiger partial charge in [-0.1, -0.05) is 12.1 Å². The molecule has 0 aliphatic carbocycles. The summed E-state index contributed by atoms with van der Waals surface area (Å²) in [5, 5.41) is 0. The van der Waals surface area contributed by atoms with Gasteiger partial charge in [-0.25, -0.2) is 4.98 Å². The maximum atomic E-state index is 14.2. The second-order valence-corrected chi connectivity index (χ2v) is 8.37. The molecular formula is C24H16F8N4. The van der Waals surface area contributed by atoms with Crippen molar-refractivity contribution in [1.82, 2.24) is 19.5 Å². The third-order valence-electron chi connectivity index (χ3n) is 5.56. The SMILES string of the molecule is CC(C)(c1cccc(-c2ccc(F)nc2F)n1)c1cccc(-n2cc(C(F)(F)F)c(C(F)(F)F)c2)n1. The van der Waals surface area contributed by atoms with Gasteiger partial charge in [0.15, 0.2) is 0 Å². The molecule has 0 atom stereocenters. The van der Waals surface area contributed by atoms with Crippen LogP contribution in [0.2, 0.25) is 0 Å². The summed E-state index contributed by atoms with van der Waals surface area (Å²) in [7, 11) is 0. The average Bonchev–Trinajstić information content (AvgIpc) is 3.26. The number of aromatic nitrogens is 4. The van der Waals surface area contributed by atoms with Crippen molar-refractivity contribution >= 4 is 0 Å². The monoisotopic (exact) mass is 512 g/mol. The van der Waals surface area contributed by atoms with Gasteiger partial charge in [0, 0.05) is 17.8 Å². The van der Waals surface area contributed by atoms with E-state index in [9.17, 15) is 35.1 Å². The Morgan fingerprint density at radius 3 is 1.78 bits per heavy atom. The molecule has 0 bridgehead atoms. The number of nitrogens with zero attached hydrogens (tertiary/aromatic N) is 4. The van der Waals surface area contributed by atoms with Crippen LogP contribution in [-0.2, 0) is 17.8 Å². The largest absolute Gasteiger partial charge is 0.418 e. The zero-order valence-corrected chi connectivity index (χ0v) is 18.6. The molecule has 0 spiro atoms. The molecule has 0 amide bonds. The van der Waals surface area contributed by atoms with Gasteiger partial charge in [0.1, 0.15) is 5.82 Å². The first-order valence-electron chi connectivity index (χ1n) is 10.3. The summed E-state index contributed by atoms with van der Waals surface area (Å²) >= 11 is 0. The Labute approximate surface area is 199 Å². The molecule has 4 rings (SSSR count). The summed E-state index contributed by atoms with van der Waals surface area (Å²) in [5.41, 5.74) is -3.93. The van der Waals surface area contributed by atoms with E-state index in [1.165, 1.54) is 30.3 Å². The maximum Gasteiger partial charge on any atom is 0.418 e. The van der Waals surface area contributed by atoms with Gasteiger partial charge in [-0.2, -0.15) is 40.1 Å². The van der Waals surface area contributed by atoms with E-state index >= 15 is 0 Å². The zero-order chi connectivity index (χ0) is 26.5. The summed E-state index contributed by atoms with van der Waals surface area (Å²) in [5.74, 6) is -2.24. The molecule has 0 aromatic carbocycles. The highest BCUT2D eigenvalue weighted by Crippen LogP contribution is 2.41. The molecule has 36 heavy (non-hydrogen) atoms. The summed E-state index contributed by atoms with van der Waals surface area (Å²) in [6.45, 7) is 3.37. The Kier molecular flexibility index (Phi) is 6.09. The van der Waals surface area contributed by atoms with Crippen molar-refractivity contribution in [3.8, 4) is 17.1 Å². The van der Waals surface area contributed by atoms with Gasteiger partial charge in [-0.3, -0.25) is 4.98 Å². The number of hydrogen-bond acceptors (Lipinski definition) is 3. The van der Waals surface area contributed by atoms with Crippen LogP contribution in [-0.4, -0.2) is 19.5 Å². The van der Waals surface area contributed by atoms with Crippen molar-refractivity contribution < 1.29 is 35.1 Å². The number of pyridine rings is 3. The Bertz CT molecular complexity index is 1390. The molecule has 0 saturated heterocycles. The van der Waals surface area contributed by atoms with Crippen LogP contribution >= 0.6 is 0 Å². The molecule has 4 aromatic rings. The van der Waals surface area contributed by atoms with Crippen LogP contribution in [0.15, 0.2) is 60.9 Å². The molecular weight excluding hydrogens is 496 g/mol. The maximum absolute atomic E-state index is 14.2. The highest BCUT2D eigenvalue weighted by Gasteiger charge is 2.44. The quantitative estimate of drug-likeness (QED) is 0.219. The van der Waals surface area contributed by atoms with Crippen LogP contribution in [0, 0.1) is 11.9 Å². The molecule has 0 radical (unpaired) electrons. The molecule has 4 heterocycles. The average molecular weight is 512 g/mol. The smallest absolute Gasteiger partial charge is 0.307 e. The van der Waals surface area contributed by atoms with Crippen LogP contribution in [0.3, 0.4) is 0 Å². The van der Waals surface area contributed by atoms with Gasteiger partial charge >= 0.3 is 12.4 Å². The number of rotatable bonds is 4. The molecule has 4 nitrogen and oxygen atoms in total. The molecule has 0 fully saturated rings. The lowest BCUT2D eigenvalue weighted by Crippen LogP contribution is -2.23. The Balaban J connectivity index is 1.76. The first-order valence-corrected chi connectivity index (χ1v) is 10.3. The van der Waals surface area contributed by atoms with Gasteiger partial charge < -0.3 is 4.57 Å². The molecule has 0 aliphatic heterocycles. The highest BCUT2D eigenvalue weighted by atomic mass is 19.4. The molecule has 4 aromatic heterocycles. The summed E-state index contributed by atoms with van der Waals surface area (Å²) in [6, 6.07) is 11.1. The van der Waals surface area contributed by atoms with Gasteiger partial charge in [0.25, 0.3) is 0 Å². The number of alkyl halides is 6. The minimum atomic E-state index is -5.22. The van der Waals surface area contributed by atoms with E-state index in [-0.39, 0.29) is 22.8 Å². The summed E-state index contributed by atoms with van der Waals surface area (Å²) in [4.78, 5) is 11.9. The number of hydrogen-bond donors (Lipinski definition) is 0. The van der Waals surface area contributed by atoms with E-state index in [1.54, 1.807) is 26.0 Å². The fourth-order valence-electron chi connectivity index (χ4n) is 3.62. The van der Waals surface area contributed by atoms with Crippen LogP contribution in [0.25, 0.3) is 17.1 Å². The lowest BCUT2D eigenvalue weighted by Gasteiger charge is -2.24. The highest BCUT2D eigenvalue weighted by molar-refractivity contribution is 5.59. The van der Waals surface area contributed by atoms with Crippen molar-refractivity contribution in [2.45, 2.75) is 31.6 Å². The van der Waals surface area contributed by atoms with Crippen molar-refractivity contribution in [3.63, 3.8) is 0 Å². The van der Waals surface area contributed by atoms with Crippen molar-refractivity contribution in [2.75, 3.05) is 0 Å². The van der Waals surface area contributed by atoms with Gasteiger partial charge in [-0.15, -0.1) is 0 Å². The molecule has 0 aliphatic rings. The minimum absolute atomic E-state index is 0.0533. The van der Waals surface area contributed by atoms with E-state index in [0.717, 1.165) is 6.07 Å². The predicted molar refractivity (Wildman–Crippen MR) is 113 cm³/mol. The lowest BCUT2D eigenvalue weighted by molar-refractivity contribution is -0.161. The zero-order valence-electron chi connectivity index (χ0n) is 18.6. The van der Waals surface area contributed by atoms with Crippen LogP contribution in [0.5, 0.6) is 0 Å². The van der Waals surface area contributed by atoms with Crippen LogP contribution < -0.4 is 0 Å². The second kappa shape index (κ2) is 8.68. The first-order chi connectivity index (χ1) is 16.7. The number of halogens is 8. The van der Waals surface area contributed by atoms with Crippen molar-refractivity contribution in [2.24, 2.45) is 0 Å². The van der Waals surface area contributed by atoms with Crippen molar-refractivity contribution in [3.05, 3.63) is 95.3 Å². The van der Waals surface area contributed by atoms with Gasteiger partial charge in [0.2, 0.25) is 11.9 Å². The van der Waals surface area contributed by atoms with Crippen LogP contribution in [0.4, 0.5) is 35.1 Å². The van der Waals surface area contributed by atoms with Gasteiger partial charge in [0.05, 0.1) is 33.8 Å². The Morgan fingerprint density at radius 2 is 1.22 bits per heavy atom. The Morgan fingerprint density at radius 1 is 0.667 bits per heavy atom. The molecule has 0 saturated carbocycles. The lowest BCUT2D eigenvalue weighted by atomic mass is 9.84. The normalized spacial score (nSPS) is 12.7. The van der Waals surface area contributed by atoms with E-state index < -0.39 is 40.8 Å². The third kappa shape index (κ3) is 4.79. The molecule has 0 N–H and O–H groups in total. The fraction of sp³-hybridized carbons (Fsp3) is 0.208. The van der Waals surface area contributed by atoms with E-state index in [2.05, 4.69) is 15.0 Å². The Hall–Kier alpha value is -3.83.